The number of amides is 1. The Morgan fingerprint density at radius 2 is 1.52 bits per heavy atom. The first-order valence-electron chi connectivity index (χ1n) is 9.69. The fourth-order valence-corrected chi connectivity index (χ4v) is 3.63. The van der Waals surface area contributed by atoms with Gasteiger partial charge < -0.3 is 9.64 Å². The number of hydrogen-bond acceptors (Lipinski definition) is 3. The SMILES string of the molecule is CC(Oc1ccc(C(=O)c2ccccc2)cc1)C(=O)N(C)C1CCCCC1. The molecule has 0 radical (unpaired) electrons. The summed E-state index contributed by atoms with van der Waals surface area (Å²) in [5.41, 5.74) is 1.26. The highest BCUT2D eigenvalue weighted by Crippen LogP contribution is 2.23. The Hall–Kier alpha value is -2.62. The van der Waals surface area contributed by atoms with E-state index < -0.39 is 6.10 Å². The smallest absolute Gasteiger partial charge is 0.263 e. The molecule has 0 spiro atoms. The average molecular weight is 365 g/mol. The molecule has 2 aromatic rings. The second-order valence-electron chi connectivity index (χ2n) is 7.22. The van der Waals surface area contributed by atoms with Crippen molar-refractivity contribution in [2.24, 2.45) is 0 Å². The van der Waals surface area contributed by atoms with Crippen LogP contribution in [0.3, 0.4) is 0 Å². The molecule has 1 fully saturated rings. The van der Waals surface area contributed by atoms with E-state index >= 15 is 0 Å². The maximum Gasteiger partial charge on any atom is 0.263 e. The van der Waals surface area contributed by atoms with Crippen molar-refractivity contribution in [1.82, 2.24) is 4.90 Å². The van der Waals surface area contributed by atoms with Crippen LogP contribution in [0.5, 0.6) is 5.75 Å². The molecule has 1 amide bonds. The van der Waals surface area contributed by atoms with Crippen LogP contribution in [-0.4, -0.2) is 35.8 Å². The topological polar surface area (TPSA) is 46.6 Å². The van der Waals surface area contributed by atoms with Gasteiger partial charge in [0.15, 0.2) is 11.9 Å². The van der Waals surface area contributed by atoms with Gasteiger partial charge in [-0.3, -0.25) is 9.59 Å². The van der Waals surface area contributed by atoms with Gasteiger partial charge in [-0.15, -0.1) is 0 Å². The predicted octanol–water partition coefficient (Wildman–Crippen LogP) is 4.48. The number of likely N-dealkylation sites (N-methyl/N-ethyl adjacent to an activating group) is 1. The van der Waals surface area contributed by atoms with E-state index in [1.165, 1.54) is 19.3 Å². The van der Waals surface area contributed by atoms with E-state index in [2.05, 4.69) is 0 Å². The van der Waals surface area contributed by atoms with E-state index in [1.54, 1.807) is 43.3 Å². The van der Waals surface area contributed by atoms with Crippen molar-refractivity contribution in [2.75, 3.05) is 7.05 Å². The van der Waals surface area contributed by atoms with Crippen LogP contribution in [0.4, 0.5) is 0 Å². The van der Waals surface area contributed by atoms with Gasteiger partial charge in [0.1, 0.15) is 5.75 Å². The lowest BCUT2D eigenvalue weighted by Crippen LogP contribution is -2.44. The van der Waals surface area contributed by atoms with Crippen LogP contribution >= 0.6 is 0 Å². The number of rotatable bonds is 6. The maximum atomic E-state index is 12.7. The quantitative estimate of drug-likeness (QED) is 0.709. The van der Waals surface area contributed by atoms with Crippen LogP contribution in [0.1, 0.15) is 54.9 Å². The number of benzene rings is 2. The monoisotopic (exact) mass is 365 g/mol. The van der Waals surface area contributed by atoms with E-state index in [1.807, 2.05) is 30.1 Å². The summed E-state index contributed by atoms with van der Waals surface area (Å²) in [5, 5.41) is 0. The Balaban J connectivity index is 1.60. The number of ketones is 1. The van der Waals surface area contributed by atoms with Crippen molar-refractivity contribution in [3.05, 3.63) is 65.7 Å². The molecule has 0 aliphatic heterocycles. The molecule has 1 atom stereocenters. The first kappa shape index (κ1) is 19.2. The minimum Gasteiger partial charge on any atom is -0.481 e. The van der Waals surface area contributed by atoms with Crippen LogP contribution in [0, 0.1) is 0 Å². The van der Waals surface area contributed by atoms with Crippen molar-refractivity contribution in [2.45, 2.75) is 51.2 Å². The van der Waals surface area contributed by atoms with Gasteiger partial charge in [-0.25, -0.2) is 0 Å². The third kappa shape index (κ3) is 4.76. The van der Waals surface area contributed by atoms with Crippen molar-refractivity contribution < 1.29 is 14.3 Å². The molecule has 2 aromatic carbocycles. The highest BCUT2D eigenvalue weighted by Gasteiger charge is 2.26. The molecule has 4 heteroatoms. The highest BCUT2D eigenvalue weighted by atomic mass is 16.5. The lowest BCUT2D eigenvalue weighted by atomic mass is 9.94. The van der Waals surface area contributed by atoms with Crippen molar-refractivity contribution in [1.29, 1.82) is 0 Å². The first-order valence-corrected chi connectivity index (χ1v) is 9.69. The molecule has 4 nitrogen and oxygen atoms in total. The summed E-state index contributed by atoms with van der Waals surface area (Å²) in [6.45, 7) is 1.78. The van der Waals surface area contributed by atoms with Crippen LogP contribution in [0.2, 0.25) is 0 Å². The minimum atomic E-state index is -0.549. The maximum absolute atomic E-state index is 12.7. The normalized spacial score (nSPS) is 15.8. The van der Waals surface area contributed by atoms with Crippen molar-refractivity contribution in [3.63, 3.8) is 0 Å². The van der Waals surface area contributed by atoms with Gasteiger partial charge in [0.05, 0.1) is 0 Å². The summed E-state index contributed by atoms with van der Waals surface area (Å²) in [6.07, 6.45) is 5.24. The van der Waals surface area contributed by atoms with Crippen LogP contribution < -0.4 is 4.74 Å². The van der Waals surface area contributed by atoms with Crippen LogP contribution in [0.25, 0.3) is 0 Å². The molecule has 1 aliphatic carbocycles. The van der Waals surface area contributed by atoms with Gasteiger partial charge >= 0.3 is 0 Å². The van der Waals surface area contributed by atoms with Gasteiger partial charge in [0, 0.05) is 24.2 Å². The zero-order valence-electron chi connectivity index (χ0n) is 16.1. The Morgan fingerprint density at radius 3 is 2.15 bits per heavy atom. The fourth-order valence-electron chi connectivity index (χ4n) is 3.63. The lowest BCUT2D eigenvalue weighted by Gasteiger charge is -2.32. The predicted molar refractivity (Wildman–Crippen MR) is 106 cm³/mol. The Kier molecular flexibility index (Phi) is 6.28. The summed E-state index contributed by atoms with van der Waals surface area (Å²) in [4.78, 5) is 26.9. The molecule has 1 aliphatic rings. The molecule has 1 unspecified atom stereocenters. The van der Waals surface area contributed by atoms with Crippen molar-refractivity contribution in [3.8, 4) is 5.75 Å². The lowest BCUT2D eigenvalue weighted by molar-refractivity contribution is -0.139. The molecule has 3 rings (SSSR count). The Morgan fingerprint density at radius 1 is 0.926 bits per heavy atom. The number of carbonyl (C=O) groups is 2. The molecule has 0 N–H and O–H groups in total. The van der Waals surface area contributed by atoms with E-state index in [0.29, 0.717) is 22.9 Å². The Labute approximate surface area is 161 Å². The molecule has 1 saturated carbocycles. The van der Waals surface area contributed by atoms with Crippen molar-refractivity contribution >= 4 is 11.7 Å². The average Bonchev–Trinajstić information content (AvgIpc) is 2.74. The molecule has 0 bridgehead atoms. The summed E-state index contributed by atoms with van der Waals surface area (Å²) in [5.74, 6) is 0.576. The number of ether oxygens (including phenoxy) is 1. The molecular formula is C23H27NO3. The number of nitrogens with zero attached hydrogens (tertiary/aromatic N) is 1. The van der Waals surface area contributed by atoms with E-state index in [0.717, 1.165) is 12.8 Å². The van der Waals surface area contributed by atoms with E-state index in [-0.39, 0.29) is 11.7 Å². The van der Waals surface area contributed by atoms with E-state index in [9.17, 15) is 9.59 Å². The highest BCUT2D eigenvalue weighted by molar-refractivity contribution is 6.08. The fraction of sp³-hybridized carbons (Fsp3) is 0.391. The minimum absolute atomic E-state index is 0.00587. The van der Waals surface area contributed by atoms with Gasteiger partial charge in [0.25, 0.3) is 5.91 Å². The van der Waals surface area contributed by atoms with Gasteiger partial charge in [-0.05, 0) is 44.0 Å². The van der Waals surface area contributed by atoms with E-state index in [4.69, 9.17) is 4.74 Å². The summed E-state index contributed by atoms with van der Waals surface area (Å²) in [7, 11) is 1.87. The summed E-state index contributed by atoms with van der Waals surface area (Å²) in [6, 6.07) is 16.5. The Bertz CT molecular complexity index is 764. The molecule has 27 heavy (non-hydrogen) atoms. The summed E-state index contributed by atoms with van der Waals surface area (Å²) < 4.78 is 5.83. The summed E-state index contributed by atoms with van der Waals surface area (Å²) >= 11 is 0. The van der Waals surface area contributed by atoms with Crippen LogP contribution in [-0.2, 0) is 4.79 Å². The largest absolute Gasteiger partial charge is 0.481 e. The van der Waals surface area contributed by atoms with Gasteiger partial charge in [-0.1, -0.05) is 49.6 Å². The third-order valence-electron chi connectivity index (χ3n) is 5.28. The molecule has 142 valence electrons. The number of carbonyl (C=O) groups excluding carboxylic acids is 2. The number of hydrogen-bond donors (Lipinski definition) is 0. The second-order valence-corrected chi connectivity index (χ2v) is 7.22. The second kappa shape index (κ2) is 8.85. The van der Waals surface area contributed by atoms with Gasteiger partial charge in [-0.2, -0.15) is 0 Å². The van der Waals surface area contributed by atoms with Gasteiger partial charge in [0.2, 0.25) is 0 Å². The third-order valence-corrected chi connectivity index (χ3v) is 5.28. The molecular weight excluding hydrogens is 338 g/mol. The first-order chi connectivity index (χ1) is 13.1. The zero-order valence-corrected chi connectivity index (χ0v) is 16.1. The molecule has 0 heterocycles. The molecule has 0 aromatic heterocycles. The van der Waals surface area contributed by atoms with Crippen LogP contribution in [0.15, 0.2) is 54.6 Å². The molecule has 0 saturated heterocycles. The standard InChI is InChI=1S/C23H27NO3/c1-17(23(26)24(2)20-11-7-4-8-12-20)27-21-15-13-19(14-16-21)22(25)18-9-5-3-6-10-18/h3,5-6,9-10,13-17,20H,4,7-8,11-12H2,1-2H3. The zero-order chi connectivity index (χ0) is 19.2.